The Kier molecular flexibility index (Phi) is 4.90. The highest BCUT2D eigenvalue weighted by atomic mass is 16.6. The van der Waals surface area contributed by atoms with E-state index in [1.165, 1.54) is 0 Å². The average Bonchev–Trinajstić information content (AvgIpc) is 2.43. The summed E-state index contributed by atoms with van der Waals surface area (Å²) in [5.41, 5.74) is 0.823. The highest BCUT2D eigenvalue weighted by Crippen LogP contribution is 2.37. The lowest BCUT2D eigenvalue weighted by atomic mass is 10.0. The van der Waals surface area contributed by atoms with E-state index in [0.717, 1.165) is 5.56 Å². The van der Waals surface area contributed by atoms with Gasteiger partial charge in [-0.2, -0.15) is 0 Å². The minimum Gasteiger partial charge on any atom is -0.486 e. The molecule has 5 heteroatoms. The summed E-state index contributed by atoms with van der Waals surface area (Å²) >= 11 is 0. The van der Waals surface area contributed by atoms with Crippen molar-refractivity contribution in [2.24, 2.45) is 5.92 Å². The standard InChI is InChI=1S/C18H27NO4/c1-11(2)16-10-19(17(21)23-18(4,5)6)14-9-13(12(3)20)7-8-15(14)22-16/h7-9,11-12,16,20H,10H2,1-6H3. The molecule has 1 N–H and O–H groups in total. The summed E-state index contributed by atoms with van der Waals surface area (Å²) in [5, 5.41) is 9.80. The van der Waals surface area contributed by atoms with E-state index in [-0.39, 0.29) is 12.0 Å². The van der Waals surface area contributed by atoms with Gasteiger partial charge in [0.25, 0.3) is 0 Å². The van der Waals surface area contributed by atoms with E-state index in [4.69, 9.17) is 9.47 Å². The molecule has 2 rings (SSSR count). The van der Waals surface area contributed by atoms with Gasteiger partial charge in [-0.1, -0.05) is 19.9 Å². The number of nitrogens with zero attached hydrogens (tertiary/aromatic N) is 1. The number of hydrogen-bond donors (Lipinski definition) is 1. The summed E-state index contributed by atoms with van der Waals surface area (Å²) in [6.45, 7) is 11.8. The topological polar surface area (TPSA) is 59.0 Å². The third kappa shape index (κ3) is 4.16. The van der Waals surface area contributed by atoms with Gasteiger partial charge in [-0.3, -0.25) is 4.90 Å². The summed E-state index contributed by atoms with van der Waals surface area (Å²) in [6.07, 6.45) is -1.09. The van der Waals surface area contributed by atoms with Crippen molar-refractivity contribution in [3.63, 3.8) is 0 Å². The van der Waals surface area contributed by atoms with Crippen molar-refractivity contribution in [1.29, 1.82) is 0 Å². The van der Waals surface area contributed by atoms with E-state index < -0.39 is 17.8 Å². The van der Waals surface area contributed by atoms with Gasteiger partial charge >= 0.3 is 6.09 Å². The van der Waals surface area contributed by atoms with Crippen LogP contribution in [-0.2, 0) is 4.74 Å². The van der Waals surface area contributed by atoms with Crippen LogP contribution in [-0.4, -0.2) is 29.4 Å². The van der Waals surface area contributed by atoms with Crippen LogP contribution in [0.25, 0.3) is 0 Å². The Bertz CT molecular complexity index is 575. The molecular formula is C18H27NO4. The molecule has 1 aliphatic heterocycles. The molecule has 0 fully saturated rings. The van der Waals surface area contributed by atoms with E-state index in [1.807, 2.05) is 32.9 Å². The third-order valence-electron chi connectivity index (χ3n) is 3.75. The molecule has 2 atom stereocenters. The molecule has 0 saturated heterocycles. The van der Waals surface area contributed by atoms with E-state index >= 15 is 0 Å². The van der Waals surface area contributed by atoms with Crippen molar-refractivity contribution in [2.75, 3.05) is 11.4 Å². The van der Waals surface area contributed by atoms with Crippen LogP contribution >= 0.6 is 0 Å². The number of anilines is 1. The molecule has 5 nitrogen and oxygen atoms in total. The minimum atomic E-state index is -0.608. The van der Waals surface area contributed by atoms with Crippen LogP contribution in [0.15, 0.2) is 18.2 Å². The molecule has 0 spiro atoms. The smallest absolute Gasteiger partial charge is 0.415 e. The van der Waals surface area contributed by atoms with Gasteiger partial charge in [0.15, 0.2) is 0 Å². The van der Waals surface area contributed by atoms with Crippen LogP contribution in [0.5, 0.6) is 5.75 Å². The predicted octanol–water partition coefficient (Wildman–Crippen LogP) is 3.90. The first-order valence-electron chi connectivity index (χ1n) is 8.07. The Hall–Kier alpha value is -1.75. The molecule has 0 radical (unpaired) electrons. The molecule has 1 amide bonds. The zero-order valence-electron chi connectivity index (χ0n) is 14.8. The van der Waals surface area contributed by atoms with Crippen molar-refractivity contribution >= 4 is 11.8 Å². The summed E-state index contributed by atoms with van der Waals surface area (Å²) < 4.78 is 11.5. The van der Waals surface area contributed by atoms with Gasteiger partial charge < -0.3 is 14.6 Å². The molecule has 1 aromatic rings. The van der Waals surface area contributed by atoms with Gasteiger partial charge in [-0.05, 0) is 51.3 Å². The lowest BCUT2D eigenvalue weighted by Gasteiger charge is -2.37. The second-order valence-corrected chi connectivity index (χ2v) is 7.39. The quantitative estimate of drug-likeness (QED) is 0.897. The molecule has 128 valence electrons. The first-order valence-corrected chi connectivity index (χ1v) is 8.07. The van der Waals surface area contributed by atoms with Crippen LogP contribution in [0.4, 0.5) is 10.5 Å². The fourth-order valence-corrected chi connectivity index (χ4v) is 2.42. The van der Waals surface area contributed by atoms with Gasteiger partial charge in [0.05, 0.1) is 18.3 Å². The number of benzene rings is 1. The van der Waals surface area contributed by atoms with E-state index in [9.17, 15) is 9.90 Å². The lowest BCUT2D eigenvalue weighted by molar-refractivity contribution is 0.0530. The molecule has 0 aliphatic carbocycles. The molecule has 0 aromatic heterocycles. The first kappa shape index (κ1) is 17.6. The molecule has 23 heavy (non-hydrogen) atoms. The number of carbonyl (C=O) groups is 1. The number of aliphatic hydroxyl groups excluding tert-OH is 1. The number of aliphatic hydroxyl groups is 1. The second-order valence-electron chi connectivity index (χ2n) is 7.39. The van der Waals surface area contributed by atoms with Crippen molar-refractivity contribution in [2.45, 2.75) is 59.4 Å². The van der Waals surface area contributed by atoms with Crippen molar-refractivity contribution in [3.8, 4) is 5.75 Å². The van der Waals surface area contributed by atoms with Crippen LogP contribution in [0.3, 0.4) is 0 Å². The van der Waals surface area contributed by atoms with Gasteiger partial charge in [0, 0.05) is 0 Å². The number of hydrogen-bond acceptors (Lipinski definition) is 4. The fraction of sp³-hybridized carbons (Fsp3) is 0.611. The summed E-state index contributed by atoms with van der Waals surface area (Å²) in [5.74, 6) is 0.912. The maximum atomic E-state index is 12.6. The van der Waals surface area contributed by atoms with Crippen LogP contribution in [0.2, 0.25) is 0 Å². The SMILES string of the molecule is CC(O)c1ccc2c(c1)N(C(=O)OC(C)(C)C)CC(C(C)C)O2. The van der Waals surface area contributed by atoms with E-state index in [1.54, 1.807) is 17.9 Å². The molecule has 1 aromatic carbocycles. The molecule has 0 bridgehead atoms. The normalized spacial score (nSPS) is 19.1. The Morgan fingerprint density at radius 3 is 2.52 bits per heavy atom. The number of carbonyl (C=O) groups excluding carboxylic acids is 1. The highest BCUT2D eigenvalue weighted by Gasteiger charge is 2.34. The Morgan fingerprint density at radius 2 is 2.00 bits per heavy atom. The maximum absolute atomic E-state index is 12.6. The monoisotopic (exact) mass is 321 g/mol. The van der Waals surface area contributed by atoms with Gasteiger partial charge in [-0.25, -0.2) is 4.79 Å². The summed E-state index contributed by atoms with van der Waals surface area (Å²) in [6, 6.07) is 5.42. The number of fused-ring (bicyclic) bond motifs is 1. The summed E-state index contributed by atoms with van der Waals surface area (Å²) in [7, 11) is 0. The number of ether oxygens (including phenoxy) is 2. The van der Waals surface area contributed by atoms with Crippen LogP contribution in [0.1, 0.15) is 53.2 Å². The van der Waals surface area contributed by atoms with Gasteiger partial charge in [0.1, 0.15) is 17.5 Å². The highest BCUT2D eigenvalue weighted by molar-refractivity contribution is 5.90. The largest absolute Gasteiger partial charge is 0.486 e. The number of amides is 1. The molecule has 2 unspecified atom stereocenters. The maximum Gasteiger partial charge on any atom is 0.415 e. The lowest BCUT2D eigenvalue weighted by Crippen LogP contribution is -2.47. The predicted molar refractivity (Wildman–Crippen MR) is 89.9 cm³/mol. The van der Waals surface area contributed by atoms with Gasteiger partial charge in [0.2, 0.25) is 0 Å². The molecule has 1 aliphatic rings. The van der Waals surface area contributed by atoms with E-state index in [0.29, 0.717) is 18.0 Å². The Balaban J connectivity index is 2.40. The van der Waals surface area contributed by atoms with Gasteiger partial charge in [-0.15, -0.1) is 0 Å². The second kappa shape index (κ2) is 6.40. The Labute approximate surface area is 138 Å². The van der Waals surface area contributed by atoms with Crippen LogP contribution < -0.4 is 9.64 Å². The molecular weight excluding hydrogens is 294 g/mol. The zero-order chi connectivity index (χ0) is 17.4. The van der Waals surface area contributed by atoms with E-state index in [2.05, 4.69) is 13.8 Å². The average molecular weight is 321 g/mol. The number of rotatable bonds is 2. The fourth-order valence-electron chi connectivity index (χ4n) is 2.42. The zero-order valence-corrected chi connectivity index (χ0v) is 14.8. The summed E-state index contributed by atoms with van der Waals surface area (Å²) in [4.78, 5) is 14.2. The van der Waals surface area contributed by atoms with Crippen LogP contribution in [0, 0.1) is 5.92 Å². The van der Waals surface area contributed by atoms with Crippen molar-refractivity contribution in [3.05, 3.63) is 23.8 Å². The third-order valence-corrected chi connectivity index (χ3v) is 3.75. The van der Waals surface area contributed by atoms with Crippen molar-refractivity contribution in [1.82, 2.24) is 0 Å². The molecule has 1 heterocycles. The first-order chi connectivity index (χ1) is 10.6. The molecule has 0 saturated carbocycles. The minimum absolute atomic E-state index is 0.0904. The Morgan fingerprint density at radius 1 is 1.35 bits per heavy atom. The van der Waals surface area contributed by atoms with Crippen molar-refractivity contribution < 1.29 is 19.4 Å².